The molecule has 0 radical (unpaired) electrons. The average Bonchev–Trinajstić information content (AvgIpc) is 3.04. The number of benzene rings is 1. The summed E-state index contributed by atoms with van der Waals surface area (Å²) in [4.78, 5) is 0.335. The van der Waals surface area contributed by atoms with E-state index >= 15 is 0 Å². The largest absolute Gasteiger partial charge is 0.465 e. The van der Waals surface area contributed by atoms with Crippen molar-refractivity contribution in [2.75, 3.05) is 0 Å². The quantitative estimate of drug-likeness (QED) is 0.941. The second kappa shape index (κ2) is 5.07. The zero-order valence-electron chi connectivity index (χ0n) is 11.3. The Balaban J connectivity index is 1.78. The Bertz CT molecular complexity index is 731. The first-order valence-corrected chi connectivity index (χ1v) is 8.20. The zero-order valence-corrected chi connectivity index (χ0v) is 12.2. The number of aryl methyl sites for hydroxylation is 3. The Kier molecular flexibility index (Phi) is 3.40. The van der Waals surface area contributed by atoms with Crippen molar-refractivity contribution in [3.63, 3.8) is 0 Å². The van der Waals surface area contributed by atoms with Gasteiger partial charge in [0, 0.05) is 0 Å². The van der Waals surface area contributed by atoms with Gasteiger partial charge in [-0.3, -0.25) is 0 Å². The van der Waals surface area contributed by atoms with Gasteiger partial charge in [0.2, 0.25) is 10.0 Å². The van der Waals surface area contributed by atoms with Crippen molar-refractivity contribution in [2.24, 2.45) is 0 Å². The summed E-state index contributed by atoms with van der Waals surface area (Å²) in [6, 6.07) is 8.99. The van der Waals surface area contributed by atoms with Crippen LogP contribution in [0.15, 0.2) is 39.6 Å². The van der Waals surface area contributed by atoms with Crippen LogP contribution in [0.2, 0.25) is 0 Å². The predicted molar refractivity (Wildman–Crippen MR) is 75.9 cm³/mol. The molecule has 0 saturated carbocycles. The molecular weight excluding hydrogens is 274 g/mol. The Morgan fingerprint density at radius 1 is 1.15 bits per heavy atom. The van der Waals surface area contributed by atoms with Gasteiger partial charge in [-0.1, -0.05) is 6.07 Å². The van der Waals surface area contributed by atoms with Gasteiger partial charge in [0.05, 0.1) is 11.4 Å². The first kappa shape index (κ1) is 13.4. The van der Waals surface area contributed by atoms with Crippen LogP contribution in [0.5, 0.6) is 0 Å². The Morgan fingerprint density at radius 2 is 1.95 bits per heavy atom. The highest BCUT2D eigenvalue weighted by atomic mass is 32.2. The Morgan fingerprint density at radius 3 is 2.70 bits per heavy atom. The standard InChI is InChI=1S/C15H17NO3S/c1-11-5-7-14(19-11)10-16-20(17,18)15-8-6-12-3-2-4-13(12)9-15/h5-9,16H,2-4,10H2,1H3. The molecule has 0 spiro atoms. The molecule has 0 fully saturated rings. The molecule has 5 heteroatoms. The van der Waals surface area contributed by atoms with Crippen molar-refractivity contribution < 1.29 is 12.8 Å². The highest BCUT2D eigenvalue weighted by molar-refractivity contribution is 7.89. The fourth-order valence-corrected chi connectivity index (χ4v) is 3.59. The van der Waals surface area contributed by atoms with Gasteiger partial charge >= 0.3 is 0 Å². The molecule has 1 N–H and O–H groups in total. The molecule has 0 amide bonds. The normalized spacial score (nSPS) is 14.4. The minimum atomic E-state index is -3.48. The molecule has 2 aromatic rings. The van der Waals surface area contributed by atoms with Crippen LogP contribution in [0.1, 0.15) is 29.1 Å². The monoisotopic (exact) mass is 291 g/mol. The van der Waals surface area contributed by atoms with Gasteiger partial charge in [0.1, 0.15) is 11.5 Å². The van der Waals surface area contributed by atoms with Crippen LogP contribution in [-0.2, 0) is 29.4 Å². The zero-order chi connectivity index (χ0) is 14.2. The Labute approximate surface area is 118 Å². The number of rotatable bonds is 4. The lowest BCUT2D eigenvalue weighted by Gasteiger charge is -2.07. The lowest BCUT2D eigenvalue weighted by molar-refractivity contribution is 0.475. The van der Waals surface area contributed by atoms with Crippen LogP contribution in [0.25, 0.3) is 0 Å². The molecule has 0 unspecified atom stereocenters. The summed E-state index contributed by atoms with van der Waals surface area (Å²) < 4.78 is 32.5. The molecular formula is C15H17NO3S. The second-order valence-electron chi connectivity index (χ2n) is 5.12. The molecule has 1 aromatic carbocycles. The molecule has 1 aliphatic carbocycles. The predicted octanol–water partition coefficient (Wildman–Crippen LogP) is 2.56. The molecule has 0 saturated heterocycles. The summed E-state index contributed by atoms with van der Waals surface area (Å²) in [5.41, 5.74) is 2.42. The second-order valence-corrected chi connectivity index (χ2v) is 6.89. The minimum absolute atomic E-state index is 0.174. The van der Waals surface area contributed by atoms with Crippen LogP contribution in [0.4, 0.5) is 0 Å². The molecule has 1 heterocycles. The van der Waals surface area contributed by atoms with E-state index in [0.29, 0.717) is 10.7 Å². The SMILES string of the molecule is Cc1ccc(CNS(=O)(=O)c2ccc3c(c2)CCC3)o1. The van der Waals surface area contributed by atoms with Crippen molar-refractivity contribution in [3.05, 3.63) is 53.0 Å². The van der Waals surface area contributed by atoms with Crippen molar-refractivity contribution in [2.45, 2.75) is 37.6 Å². The average molecular weight is 291 g/mol. The smallest absolute Gasteiger partial charge is 0.240 e. The van der Waals surface area contributed by atoms with E-state index in [9.17, 15) is 8.42 Å². The number of hydrogen-bond donors (Lipinski definition) is 1. The molecule has 0 atom stereocenters. The maximum atomic E-state index is 12.3. The lowest BCUT2D eigenvalue weighted by atomic mass is 10.1. The van der Waals surface area contributed by atoms with Crippen molar-refractivity contribution in [3.8, 4) is 0 Å². The summed E-state index contributed by atoms with van der Waals surface area (Å²) in [7, 11) is -3.48. The summed E-state index contributed by atoms with van der Waals surface area (Å²) in [6.07, 6.45) is 3.13. The van der Waals surface area contributed by atoms with Crippen molar-refractivity contribution in [1.82, 2.24) is 4.72 Å². The first-order chi connectivity index (χ1) is 9.54. The summed E-state index contributed by atoms with van der Waals surface area (Å²) in [5, 5.41) is 0. The van der Waals surface area contributed by atoms with Crippen LogP contribution in [0, 0.1) is 6.92 Å². The van der Waals surface area contributed by atoms with E-state index in [1.165, 1.54) is 5.56 Å². The van der Waals surface area contributed by atoms with Crippen LogP contribution < -0.4 is 4.72 Å². The number of furan rings is 1. The fraction of sp³-hybridized carbons (Fsp3) is 0.333. The molecule has 3 rings (SSSR count). The van der Waals surface area contributed by atoms with Gasteiger partial charge in [-0.25, -0.2) is 13.1 Å². The van der Waals surface area contributed by atoms with Crippen LogP contribution >= 0.6 is 0 Å². The summed E-state index contributed by atoms with van der Waals surface area (Å²) in [5.74, 6) is 1.39. The number of sulfonamides is 1. The molecule has 0 aliphatic heterocycles. The van der Waals surface area contributed by atoms with E-state index in [-0.39, 0.29) is 6.54 Å². The molecule has 0 bridgehead atoms. The molecule has 1 aliphatic rings. The molecule has 4 nitrogen and oxygen atoms in total. The third kappa shape index (κ3) is 2.64. The summed E-state index contributed by atoms with van der Waals surface area (Å²) >= 11 is 0. The van der Waals surface area contributed by atoms with Crippen molar-refractivity contribution in [1.29, 1.82) is 0 Å². The van der Waals surface area contributed by atoms with E-state index in [1.807, 2.05) is 19.1 Å². The first-order valence-electron chi connectivity index (χ1n) is 6.71. The topological polar surface area (TPSA) is 59.3 Å². The number of nitrogens with one attached hydrogen (secondary N) is 1. The van der Waals surface area contributed by atoms with E-state index < -0.39 is 10.0 Å². The lowest BCUT2D eigenvalue weighted by Crippen LogP contribution is -2.23. The minimum Gasteiger partial charge on any atom is -0.465 e. The summed E-state index contributed by atoms with van der Waals surface area (Å²) in [6.45, 7) is 2.01. The number of fused-ring (bicyclic) bond motifs is 1. The van der Waals surface area contributed by atoms with Gasteiger partial charge in [-0.15, -0.1) is 0 Å². The van der Waals surface area contributed by atoms with Crippen molar-refractivity contribution >= 4 is 10.0 Å². The van der Waals surface area contributed by atoms with Gasteiger partial charge in [-0.05, 0) is 61.6 Å². The maximum Gasteiger partial charge on any atom is 0.240 e. The molecule has 20 heavy (non-hydrogen) atoms. The van der Waals surface area contributed by atoms with Gasteiger partial charge in [0.15, 0.2) is 0 Å². The van der Waals surface area contributed by atoms with Gasteiger partial charge in [-0.2, -0.15) is 0 Å². The van der Waals surface area contributed by atoms with Crippen LogP contribution in [0.3, 0.4) is 0 Å². The number of hydrogen-bond acceptors (Lipinski definition) is 3. The van der Waals surface area contributed by atoms with E-state index in [4.69, 9.17) is 4.42 Å². The maximum absolute atomic E-state index is 12.3. The van der Waals surface area contributed by atoms with Gasteiger partial charge in [0.25, 0.3) is 0 Å². The molecule has 1 aromatic heterocycles. The van der Waals surface area contributed by atoms with E-state index in [0.717, 1.165) is 30.6 Å². The molecule has 106 valence electrons. The third-order valence-corrected chi connectivity index (χ3v) is 5.01. The third-order valence-electron chi connectivity index (χ3n) is 3.61. The Hall–Kier alpha value is -1.59. The van der Waals surface area contributed by atoms with Gasteiger partial charge < -0.3 is 4.42 Å². The van der Waals surface area contributed by atoms with Crippen LogP contribution in [-0.4, -0.2) is 8.42 Å². The highest BCUT2D eigenvalue weighted by Gasteiger charge is 2.18. The van der Waals surface area contributed by atoms with E-state index in [2.05, 4.69) is 4.72 Å². The fourth-order valence-electron chi connectivity index (χ4n) is 2.54. The highest BCUT2D eigenvalue weighted by Crippen LogP contribution is 2.24. The van der Waals surface area contributed by atoms with E-state index in [1.54, 1.807) is 18.2 Å².